The van der Waals surface area contributed by atoms with Crippen molar-refractivity contribution in [3.05, 3.63) is 29.4 Å². The summed E-state index contributed by atoms with van der Waals surface area (Å²) in [5, 5.41) is 0.499. The number of ether oxygens (including phenoxy) is 1. The molecule has 0 fully saturated rings. The van der Waals surface area contributed by atoms with Crippen molar-refractivity contribution in [2.75, 3.05) is 13.3 Å². The molecule has 2 rings (SSSR count). The van der Waals surface area contributed by atoms with E-state index in [2.05, 4.69) is 4.98 Å². The van der Waals surface area contributed by atoms with Gasteiger partial charge >= 0.3 is 0 Å². The fourth-order valence-electron chi connectivity index (χ4n) is 1.71. The zero-order valence-corrected chi connectivity index (χ0v) is 12.5. The Morgan fingerprint density at radius 2 is 2.00 bits per heavy atom. The molecule has 0 bridgehead atoms. The molecular formula is C12H10Cl2FNO3S. The Bertz CT molecular complexity index is 737. The van der Waals surface area contributed by atoms with E-state index in [9.17, 15) is 12.8 Å². The van der Waals surface area contributed by atoms with Crippen LogP contribution in [0.15, 0.2) is 29.2 Å². The standard InChI is InChI=1S/C12H10Cl2FNO3S/c13-11-5-2-8-10(20(14,17)18)4-3-9(12(8)16-11)19-7-1-6-15/h2-5H,1,6-7H2. The predicted molar refractivity (Wildman–Crippen MR) is 75.9 cm³/mol. The van der Waals surface area contributed by atoms with Gasteiger partial charge in [0.25, 0.3) is 9.05 Å². The van der Waals surface area contributed by atoms with E-state index in [0.717, 1.165) is 0 Å². The van der Waals surface area contributed by atoms with Crippen molar-refractivity contribution in [3.63, 3.8) is 0 Å². The Labute approximate surface area is 124 Å². The molecule has 8 heteroatoms. The van der Waals surface area contributed by atoms with Gasteiger partial charge < -0.3 is 4.74 Å². The summed E-state index contributed by atoms with van der Waals surface area (Å²) in [6.45, 7) is -0.340. The van der Waals surface area contributed by atoms with Gasteiger partial charge in [-0.2, -0.15) is 0 Å². The van der Waals surface area contributed by atoms with Gasteiger partial charge in [0.1, 0.15) is 16.4 Å². The molecule has 0 saturated heterocycles. The molecule has 4 nitrogen and oxygen atoms in total. The highest BCUT2D eigenvalue weighted by atomic mass is 35.7. The molecule has 0 spiro atoms. The lowest BCUT2D eigenvalue weighted by molar-refractivity contribution is 0.292. The first kappa shape index (κ1) is 15.3. The van der Waals surface area contributed by atoms with Gasteiger partial charge in [0.15, 0.2) is 0 Å². The van der Waals surface area contributed by atoms with Crippen molar-refractivity contribution in [2.24, 2.45) is 0 Å². The first-order valence-corrected chi connectivity index (χ1v) is 8.35. The summed E-state index contributed by atoms with van der Waals surface area (Å²) in [6.07, 6.45) is 0.234. The average molecular weight is 338 g/mol. The molecule has 0 saturated carbocycles. The molecule has 1 aromatic carbocycles. The third-order valence-corrected chi connectivity index (χ3v) is 4.13. The van der Waals surface area contributed by atoms with Crippen LogP contribution in [0.1, 0.15) is 6.42 Å². The summed E-state index contributed by atoms with van der Waals surface area (Å²) in [5.41, 5.74) is 0.276. The van der Waals surface area contributed by atoms with Crippen LogP contribution in [0.25, 0.3) is 10.9 Å². The van der Waals surface area contributed by atoms with E-state index < -0.39 is 15.7 Å². The zero-order chi connectivity index (χ0) is 14.8. The van der Waals surface area contributed by atoms with Crippen LogP contribution in [0, 0.1) is 0 Å². The minimum absolute atomic E-state index is 0.0730. The average Bonchev–Trinajstić information content (AvgIpc) is 2.37. The molecule has 0 aliphatic heterocycles. The van der Waals surface area contributed by atoms with E-state index in [-0.39, 0.29) is 28.6 Å². The van der Waals surface area contributed by atoms with Crippen molar-refractivity contribution < 1.29 is 17.5 Å². The van der Waals surface area contributed by atoms with Crippen LogP contribution in [0.2, 0.25) is 5.15 Å². The lowest BCUT2D eigenvalue weighted by Gasteiger charge is -2.10. The van der Waals surface area contributed by atoms with Crippen LogP contribution in [0.3, 0.4) is 0 Å². The van der Waals surface area contributed by atoms with E-state index in [0.29, 0.717) is 11.1 Å². The number of nitrogens with zero attached hydrogens (tertiary/aromatic N) is 1. The molecule has 1 aromatic heterocycles. The molecule has 0 amide bonds. The summed E-state index contributed by atoms with van der Waals surface area (Å²) >= 11 is 5.81. The molecule has 108 valence electrons. The number of hydrogen-bond acceptors (Lipinski definition) is 4. The highest BCUT2D eigenvalue weighted by Gasteiger charge is 2.17. The van der Waals surface area contributed by atoms with Crippen LogP contribution in [0.4, 0.5) is 4.39 Å². The van der Waals surface area contributed by atoms with E-state index >= 15 is 0 Å². The number of alkyl halides is 1. The topological polar surface area (TPSA) is 56.3 Å². The second-order valence-corrected chi connectivity index (χ2v) is 6.84. The van der Waals surface area contributed by atoms with Crippen LogP contribution >= 0.6 is 22.3 Å². The van der Waals surface area contributed by atoms with E-state index in [1.165, 1.54) is 24.3 Å². The van der Waals surface area contributed by atoms with Gasteiger partial charge in [-0.3, -0.25) is 4.39 Å². The number of hydrogen-bond donors (Lipinski definition) is 0. The lowest BCUT2D eigenvalue weighted by atomic mass is 10.2. The molecule has 2 aromatic rings. The second kappa shape index (κ2) is 6.11. The highest BCUT2D eigenvalue weighted by Crippen LogP contribution is 2.32. The Hall–Kier alpha value is -1.11. The van der Waals surface area contributed by atoms with Gasteiger partial charge in [0, 0.05) is 22.5 Å². The van der Waals surface area contributed by atoms with Gasteiger partial charge in [-0.05, 0) is 24.3 Å². The lowest BCUT2D eigenvalue weighted by Crippen LogP contribution is -2.01. The maximum Gasteiger partial charge on any atom is 0.261 e. The first-order chi connectivity index (χ1) is 9.43. The Kier molecular flexibility index (Phi) is 4.67. The fraction of sp³-hybridized carbons (Fsp3) is 0.250. The largest absolute Gasteiger partial charge is 0.491 e. The predicted octanol–water partition coefficient (Wildman–Crippen LogP) is 3.55. The second-order valence-electron chi connectivity index (χ2n) is 3.92. The van der Waals surface area contributed by atoms with E-state index in [1.807, 2.05) is 0 Å². The first-order valence-electron chi connectivity index (χ1n) is 5.66. The van der Waals surface area contributed by atoms with Gasteiger partial charge in [-0.25, -0.2) is 13.4 Å². The Morgan fingerprint density at radius 3 is 2.65 bits per heavy atom. The number of rotatable bonds is 5. The molecule has 1 heterocycles. The van der Waals surface area contributed by atoms with Crippen molar-refractivity contribution in [1.29, 1.82) is 0 Å². The summed E-state index contributed by atoms with van der Waals surface area (Å²) < 4.78 is 40.5. The van der Waals surface area contributed by atoms with Crippen molar-refractivity contribution >= 4 is 42.2 Å². The third kappa shape index (κ3) is 3.31. The van der Waals surface area contributed by atoms with Gasteiger partial charge in [-0.15, -0.1) is 0 Å². The van der Waals surface area contributed by atoms with Gasteiger partial charge in [-0.1, -0.05) is 11.6 Å². The molecule has 0 unspecified atom stereocenters. The molecule has 0 N–H and O–H groups in total. The van der Waals surface area contributed by atoms with Gasteiger partial charge in [0.05, 0.1) is 18.2 Å². The van der Waals surface area contributed by atoms with Crippen LogP contribution in [-0.4, -0.2) is 26.7 Å². The molecule has 0 aliphatic carbocycles. The van der Waals surface area contributed by atoms with Crippen molar-refractivity contribution in [1.82, 2.24) is 4.98 Å². The highest BCUT2D eigenvalue weighted by molar-refractivity contribution is 8.14. The SMILES string of the molecule is O=S(=O)(Cl)c1ccc(OCCCF)c2nc(Cl)ccc12. The summed E-state index contributed by atoms with van der Waals surface area (Å²) in [6, 6.07) is 5.72. The van der Waals surface area contributed by atoms with Crippen LogP contribution < -0.4 is 4.74 Å². The monoisotopic (exact) mass is 337 g/mol. The fourth-order valence-corrected chi connectivity index (χ4v) is 2.92. The minimum atomic E-state index is -3.91. The summed E-state index contributed by atoms with van der Waals surface area (Å²) in [4.78, 5) is 3.98. The minimum Gasteiger partial charge on any atom is -0.491 e. The molecule has 0 aliphatic rings. The number of aromatic nitrogens is 1. The van der Waals surface area contributed by atoms with E-state index in [4.69, 9.17) is 27.0 Å². The summed E-state index contributed by atoms with van der Waals surface area (Å²) in [5.74, 6) is 0.333. The van der Waals surface area contributed by atoms with Gasteiger partial charge in [0.2, 0.25) is 0 Å². The van der Waals surface area contributed by atoms with Crippen molar-refractivity contribution in [3.8, 4) is 5.75 Å². The normalized spacial score (nSPS) is 11.8. The molecule has 20 heavy (non-hydrogen) atoms. The molecular weight excluding hydrogens is 328 g/mol. The van der Waals surface area contributed by atoms with Crippen LogP contribution in [-0.2, 0) is 9.05 Å². The Balaban J connectivity index is 2.59. The maximum absolute atomic E-state index is 12.1. The zero-order valence-electron chi connectivity index (χ0n) is 10.1. The Morgan fingerprint density at radius 1 is 1.25 bits per heavy atom. The number of fused-ring (bicyclic) bond motifs is 1. The quantitative estimate of drug-likeness (QED) is 0.475. The maximum atomic E-state index is 12.1. The van der Waals surface area contributed by atoms with Crippen LogP contribution in [0.5, 0.6) is 5.75 Å². The number of benzene rings is 1. The number of pyridine rings is 1. The molecule has 0 radical (unpaired) electrons. The third-order valence-electron chi connectivity index (χ3n) is 2.54. The van der Waals surface area contributed by atoms with Crippen molar-refractivity contribution in [2.45, 2.75) is 11.3 Å². The summed E-state index contributed by atoms with van der Waals surface area (Å²) in [7, 11) is 1.47. The number of halogens is 3. The smallest absolute Gasteiger partial charge is 0.261 e. The molecule has 0 atom stereocenters. The van der Waals surface area contributed by atoms with E-state index in [1.54, 1.807) is 0 Å².